The number of ketones is 1. The third-order valence-corrected chi connectivity index (χ3v) is 3.83. The molecule has 3 rings (SSSR count). The SMILES string of the molecule is [N-]=[N+]=NCCc1cccc(C(=O)c2cn(-c3ccc(F)cc3)nc2N)c1. The van der Waals surface area contributed by atoms with Crippen LogP contribution >= 0.6 is 0 Å². The van der Waals surface area contributed by atoms with Gasteiger partial charge in [-0.2, -0.15) is 0 Å². The van der Waals surface area contributed by atoms with Gasteiger partial charge in [-0.3, -0.25) is 4.79 Å². The highest BCUT2D eigenvalue weighted by molar-refractivity contribution is 6.11. The Bertz CT molecular complexity index is 989. The molecule has 7 nitrogen and oxygen atoms in total. The average molecular weight is 350 g/mol. The van der Waals surface area contributed by atoms with Crippen LogP contribution in [0, 0.1) is 5.82 Å². The lowest BCUT2D eigenvalue weighted by molar-refractivity contribution is 0.103. The number of azide groups is 1. The van der Waals surface area contributed by atoms with E-state index in [4.69, 9.17) is 11.3 Å². The van der Waals surface area contributed by atoms with Crippen molar-refractivity contribution in [3.05, 3.63) is 87.7 Å². The van der Waals surface area contributed by atoms with Crippen molar-refractivity contribution < 1.29 is 9.18 Å². The highest BCUT2D eigenvalue weighted by Gasteiger charge is 2.17. The lowest BCUT2D eigenvalue weighted by Crippen LogP contribution is -2.04. The first kappa shape index (κ1) is 17.2. The molecule has 0 spiro atoms. The van der Waals surface area contributed by atoms with Crippen molar-refractivity contribution in [3.63, 3.8) is 0 Å². The third kappa shape index (κ3) is 3.71. The average Bonchev–Trinajstić information content (AvgIpc) is 3.04. The van der Waals surface area contributed by atoms with Gasteiger partial charge in [0.1, 0.15) is 5.82 Å². The van der Waals surface area contributed by atoms with E-state index in [1.54, 1.807) is 30.3 Å². The maximum absolute atomic E-state index is 13.1. The number of anilines is 1. The minimum Gasteiger partial charge on any atom is -0.382 e. The molecule has 0 aliphatic carbocycles. The first-order chi connectivity index (χ1) is 12.6. The van der Waals surface area contributed by atoms with Crippen molar-refractivity contribution in [1.29, 1.82) is 0 Å². The number of nitrogens with zero attached hydrogens (tertiary/aromatic N) is 5. The predicted octanol–water partition coefficient (Wildman–Crippen LogP) is 3.68. The number of benzene rings is 2. The molecule has 0 aliphatic rings. The molecular formula is C18H15FN6O. The molecule has 0 saturated heterocycles. The summed E-state index contributed by atoms with van der Waals surface area (Å²) in [5.74, 6) is -0.525. The summed E-state index contributed by atoms with van der Waals surface area (Å²) in [7, 11) is 0. The number of carbonyl (C=O) groups is 1. The quantitative estimate of drug-likeness (QED) is 0.317. The summed E-state index contributed by atoms with van der Waals surface area (Å²) in [6, 6.07) is 12.8. The highest BCUT2D eigenvalue weighted by Crippen LogP contribution is 2.19. The Kier molecular flexibility index (Phi) is 4.96. The molecule has 3 aromatic rings. The number of hydrogen-bond acceptors (Lipinski definition) is 4. The molecule has 0 atom stereocenters. The zero-order valence-electron chi connectivity index (χ0n) is 13.7. The van der Waals surface area contributed by atoms with E-state index in [0.29, 0.717) is 24.2 Å². The second kappa shape index (κ2) is 7.50. The second-order valence-corrected chi connectivity index (χ2v) is 5.58. The molecule has 0 aliphatic heterocycles. The Balaban J connectivity index is 1.87. The molecule has 1 aromatic heterocycles. The molecule has 26 heavy (non-hydrogen) atoms. The van der Waals surface area contributed by atoms with Gasteiger partial charge in [-0.05, 0) is 47.8 Å². The molecule has 0 fully saturated rings. The van der Waals surface area contributed by atoms with Crippen LogP contribution in [0.25, 0.3) is 16.1 Å². The van der Waals surface area contributed by atoms with Gasteiger partial charge in [-0.15, -0.1) is 5.10 Å². The number of carbonyl (C=O) groups excluding carboxylic acids is 1. The van der Waals surface area contributed by atoms with E-state index in [0.717, 1.165) is 5.56 Å². The predicted molar refractivity (Wildman–Crippen MR) is 95.5 cm³/mol. The summed E-state index contributed by atoms with van der Waals surface area (Å²) in [6.07, 6.45) is 2.06. The van der Waals surface area contributed by atoms with Gasteiger partial charge in [0.05, 0.1) is 11.3 Å². The number of aromatic nitrogens is 2. The van der Waals surface area contributed by atoms with Gasteiger partial charge >= 0.3 is 0 Å². The molecular weight excluding hydrogens is 335 g/mol. The maximum Gasteiger partial charge on any atom is 0.198 e. The van der Waals surface area contributed by atoms with E-state index in [2.05, 4.69) is 15.1 Å². The molecule has 0 saturated carbocycles. The van der Waals surface area contributed by atoms with E-state index < -0.39 is 0 Å². The third-order valence-electron chi connectivity index (χ3n) is 3.83. The van der Waals surface area contributed by atoms with Crippen LogP contribution in [0.3, 0.4) is 0 Å². The largest absolute Gasteiger partial charge is 0.382 e. The molecule has 0 bridgehead atoms. The Morgan fingerprint density at radius 2 is 2.04 bits per heavy atom. The molecule has 0 amide bonds. The first-order valence-corrected chi connectivity index (χ1v) is 7.84. The summed E-state index contributed by atoms with van der Waals surface area (Å²) in [5, 5.41) is 7.63. The molecule has 2 N–H and O–H groups in total. The van der Waals surface area contributed by atoms with E-state index in [1.165, 1.54) is 23.0 Å². The Morgan fingerprint density at radius 1 is 1.27 bits per heavy atom. The van der Waals surface area contributed by atoms with Gasteiger partial charge in [-0.25, -0.2) is 9.07 Å². The highest BCUT2D eigenvalue weighted by atomic mass is 19.1. The van der Waals surface area contributed by atoms with Crippen molar-refractivity contribution >= 4 is 11.6 Å². The normalized spacial score (nSPS) is 10.3. The monoisotopic (exact) mass is 350 g/mol. The van der Waals surface area contributed by atoms with Gasteiger partial charge in [0.15, 0.2) is 11.6 Å². The summed E-state index contributed by atoms with van der Waals surface area (Å²) < 4.78 is 14.5. The lowest BCUT2D eigenvalue weighted by Gasteiger charge is -2.03. The van der Waals surface area contributed by atoms with Crippen LogP contribution in [0.5, 0.6) is 0 Å². The number of rotatable bonds is 6. The summed E-state index contributed by atoms with van der Waals surface area (Å²) in [5.41, 5.74) is 16.5. The van der Waals surface area contributed by atoms with Crippen molar-refractivity contribution in [2.45, 2.75) is 6.42 Å². The van der Waals surface area contributed by atoms with E-state index in [1.807, 2.05) is 6.07 Å². The molecule has 0 radical (unpaired) electrons. The molecule has 130 valence electrons. The van der Waals surface area contributed by atoms with Gasteiger partial charge in [0.25, 0.3) is 0 Å². The molecule has 8 heteroatoms. The number of nitrogens with two attached hydrogens (primary N) is 1. The maximum atomic E-state index is 13.1. The first-order valence-electron chi connectivity index (χ1n) is 7.84. The van der Waals surface area contributed by atoms with Crippen LogP contribution in [0.15, 0.2) is 59.8 Å². The zero-order valence-corrected chi connectivity index (χ0v) is 13.7. The fourth-order valence-electron chi connectivity index (χ4n) is 2.54. The summed E-state index contributed by atoms with van der Waals surface area (Å²) in [6.45, 7) is 0.318. The van der Waals surface area contributed by atoms with Gasteiger partial charge in [0, 0.05) is 23.2 Å². The fraction of sp³-hybridized carbons (Fsp3) is 0.111. The smallest absolute Gasteiger partial charge is 0.198 e. The summed E-state index contributed by atoms with van der Waals surface area (Å²) in [4.78, 5) is 15.5. The topological polar surface area (TPSA) is 110 Å². The van der Waals surface area contributed by atoms with Gasteiger partial charge < -0.3 is 5.73 Å². The minimum absolute atomic E-state index is 0.0961. The Morgan fingerprint density at radius 3 is 2.77 bits per heavy atom. The fourth-order valence-corrected chi connectivity index (χ4v) is 2.54. The van der Waals surface area contributed by atoms with E-state index in [9.17, 15) is 9.18 Å². The van der Waals surface area contributed by atoms with Crippen molar-refractivity contribution in [2.24, 2.45) is 5.11 Å². The minimum atomic E-state index is -0.359. The van der Waals surface area contributed by atoms with Crippen LogP contribution in [0.4, 0.5) is 10.2 Å². The Hall–Kier alpha value is -3.64. The second-order valence-electron chi connectivity index (χ2n) is 5.58. The van der Waals surface area contributed by atoms with Gasteiger partial charge in [0.2, 0.25) is 0 Å². The number of hydrogen-bond donors (Lipinski definition) is 1. The summed E-state index contributed by atoms with van der Waals surface area (Å²) >= 11 is 0. The van der Waals surface area contributed by atoms with Crippen LogP contribution in [-0.2, 0) is 6.42 Å². The zero-order chi connectivity index (χ0) is 18.5. The van der Waals surface area contributed by atoms with Crippen LogP contribution in [0.2, 0.25) is 0 Å². The molecule has 0 unspecified atom stereocenters. The van der Waals surface area contributed by atoms with Crippen LogP contribution in [0.1, 0.15) is 21.5 Å². The molecule has 1 heterocycles. The Labute approximate surface area is 148 Å². The van der Waals surface area contributed by atoms with E-state index >= 15 is 0 Å². The van der Waals surface area contributed by atoms with Crippen molar-refractivity contribution in [2.75, 3.05) is 12.3 Å². The van der Waals surface area contributed by atoms with Gasteiger partial charge in [-0.1, -0.05) is 23.3 Å². The molecule has 2 aromatic carbocycles. The van der Waals surface area contributed by atoms with Crippen LogP contribution < -0.4 is 5.73 Å². The standard InChI is InChI=1S/C18H15FN6O/c19-14-4-6-15(7-5-14)25-11-16(18(20)23-25)17(26)13-3-1-2-12(10-13)8-9-22-24-21/h1-7,10-11H,8-9H2,(H2,20,23). The lowest BCUT2D eigenvalue weighted by atomic mass is 10.0. The number of halogens is 1. The number of nitrogen functional groups attached to an aromatic ring is 1. The van der Waals surface area contributed by atoms with Crippen LogP contribution in [-0.4, -0.2) is 22.1 Å². The van der Waals surface area contributed by atoms with Crippen molar-refractivity contribution in [3.8, 4) is 5.69 Å². The van der Waals surface area contributed by atoms with E-state index in [-0.39, 0.29) is 23.0 Å². The van der Waals surface area contributed by atoms with Crippen molar-refractivity contribution in [1.82, 2.24) is 9.78 Å².